The fourth-order valence-electron chi connectivity index (χ4n) is 5.46. The van der Waals surface area contributed by atoms with Crippen LogP contribution >= 0.6 is 0 Å². The Balaban J connectivity index is 1.19. The minimum absolute atomic E-state index is 0.259. The molecule has 1 aliphatic carbocycles. The van der Waals surface area contributed by atoms with E-state index in [1.54, 1.807) is 0 Å². The van der Waals surface area contributed by atoms with Crippen molar-refractivity contribution in [3.8, 4) is 0 Å². The van der Waals surface area contributed by atoms with E-state index in [0.717, 1.165) is 68.1 Å². The Bertz CT molecular complexity index is 1600. The minimum atomic E-state index is 0.259. The molecule has 4 aromatic heterocycles. The fourth-order valence-corrected chi connectivity index (χ4v) is 5.46. The molecule has 2 N–H and O–H groups in total. The van der Waals surface area contributed by atoms with Gasteiger partial charge in [-0.05, 0) is 49.2 Å². The quantitative estimate of drug-likeness (QED) is 0.279. The molecule has 1 saturated carbocycles. The number of hydrogen-bond acceptors (Lipinski definition) is 6. The number of pyridine rings is 4. The summed E-state index contributed by atoms with van der Waals surface area (Å²) >= 11 is 0. The van der Waals surface area contributed by atoms with Crippen molar-refractivity contribution in [2.45, 2.75) is 37.8 Å². The lowest BCUT2D eigenvalue weighted by Gasteiger charge is -2.33. The summed E-state index contributed by atoms with van der Waals surface area (Å²) in [7, 11) is 0. The van der Waals surface area contributed by atoms with E-state index in [9.17, 15) is 0 Å². The highest BCUT2D eigenvalue weighted by Crippen LogP contribution is 2.29. The summed E-state index contributed by atoms with van der Waals surface area (Å²) in [6, 6.07) is 25.5. The van der Waals surface area contributed by atoms with Crippen LogP contribution in [0.15, 0.2) is 85.2 Å². The molecular formula is C30H26N6. The summed E-state index contributed by atoms with van der Waals surface area (Å²) in [6.07, 6.45) is 8.24. The first-order chi connectivity index (χ1) is 17.8. The van der Waals surface area contributed by atoms with E-state index in [-0.39, 0.29) is 12.1 Å². The molecule has 2 atom stereocenters. The van der Waals surface area contributed by atoms with Crippen molar-refractivity contribution in [3.05, 3.63) is 85.2 Å². The molecule has 1 fully saturated rings. The lowest BCUT2D eigenvalue weighted by molar-refractivity contribution is 0.422. The van der Waals surface area contributed by atoms with E-state index in [1.807, 2.05) is 24.5 Å². The second-order valence-corrected chi connectivity index (χ2v) is 9.60. The molecule has 4 heterocycles. The van der Waals surface area contributed by atoms with E-state index in [4.69, 9.17) is 9.97 Å². The second-order valence-electron chi connectivity index (χ2n) is 9.60. The van der Waals surface area contributed by atoms with Crippen LogP contribution in [0.5, 0.6) is 0 Å². The molecule has 6 nitrogen and oxygen atoms in total. The van der Waals surface area contributed by atoms with Gasteiger partial charge in [-0.15, -0.1) is 0 Å². The maximum absolute atomic E-state index is 4.99. The smallest absolute Gasteiger partial charge is 0.127 e. The number of fused-ring (bicyclic) bond motifs is 6. The molecule has 2 aromatic carbocycles. The van der Waals surface area contributed by atoms with E-state index in [0.29, 0.717) is 0 Å². The van der Waals surface area contributed by atoms with Crippen molar-refractivity contribution in [1.29, 1.82) is 0 Å². The number of aromatic nitrogens is 4. The SMILES string of the molecule is c1cnc2c(c1)ccc1ccc(N[C@@H]3CCCC[C@H]3Nc3ccc4ccc5cccnc5c4n3)nc12. The molecule has 0 aliphatic heterocycles. The van der Waals surface area contributed by atoms with Crippen molar-refractivity contribution in [1.82, 2.24) is 19.9 Å². The van der Waals surface area contributed by atoms with E-state index in [2.05, 4.69) is 81.3 Å². The van der Waals surface area contributed by atoms with Gasteiger partial charge in [0.1, 0.15) is 11.6 Å². The summed E-state index contributed by atoms with van der Waals surface area (Å²) in [5, 5.41) is 11.9. The summed E-state index contributed by atoms with van der Waals surface area (Å²) in [6.45, 7) is 0. The average molecular weight is 471 g/mol. The number of anilines is 2. The Morgan fingerprint density at radius 2 is 0.917 bits per heavy atom. The van der Waals surface area contributed by atoms with Gasteiger partial charge in [0.25, 0.3) is 0 Å². The van der Waals surface area contributed by atoms with E-state index in [1.165, 1.54) is 12.8 Å². The lowest BCUT2D eigenvalue weighted by Crippen LogP contribution is -2.42. The molecule has 0 saturated heterocycles. The Labute approximate surface area is 208 Å². The van der Waals surface area contributed by atoms with Crippen LogP contribution in [0.1, 0.15) is 25.7 Å². The topological polar surface area (TPSA) is 75.6 Å². The Hall–Kier alpha value is -4.32. The maximum atomic E-state index is 4.99. The summed E-state index contributed by atoms with van der Waals surface area (Å²) in [5.41, 5.74) is 3.76. The molecule has 176 valence electrons. The van der Waals surface area contributed by atoms with Gasteiger partial charge in [0.05, 0.1) is 22.1 Å². The van der Waals surface area contributed by atoms with Gasteiger partial charge in [0, 0.05) is 46.0 Å². The normalized spacial score (nSPS) is 18.1. The average Bonchev–Trinajstić information content (AvgIpc) is 2.94. The third-order valence-electron chi connectivity index (χ3n) is 7.30. The van der Waals surface area contributed by atoms with Crippen LogP contribution in [-0.2, 0) is 0 Å². The summed E-state index contributed by atoms with van der Waals surface area (Å²) in [4.78, 5) is 19.2. The maximum Gasteiger partial charge on any atom is 0.127 e. The summed E-state index contributed by atoms with van der Waals surface area (Å²) in [5.74, 6) is 1.78. The van der Waals surface area contributed by atoms with Crippen molar-refractivity contribution >= 4 is 55.2 Å². The first-order valence-corrected chi connectivity index (χ1v) is 12.6. The van der Waals surface area contributed by atoms with Gasteiger partial charge >= 0.3 is 0 Å². The van der Waals surface area contributed by atoms with Crippen molar-refractivity contribution in [2.75, 3.05) is 10.6 Å². The molecule has 0 spiro atoms. The fraction of sp³-hybridized carbons (Fsp3) is 0.200. The molecule has 6 heteroatoms. The van der Waals surface area contributed by atoms with E-state index >= 15 is 0 Å². The molecule has 36 heavy (non-hydrogen) atoms. The Kier molecular flexibility index (Phi) is 5.09. The zero-order chi connectivity index (χ0) is 23.9. The number of rotatable bonds is 4. The molecule has 0 radical (unpaired) electrons. The molecule has 1 aliphatic rings. The molecule has 0 unspecified atom stereocenters. The zero-order valence-electron chi connectivity index (χ0n) is 19.9. The second kappa shape index (κ2) is 8.72. The highest BCUT2D eigenvalue weighted by atomic mass is 15.1. The third kappa shape index (κ3) is 3.75. The largest absolute Gasteiger partial charge is 0.365 e. The van der Waals surface area contributed by atoms with Crippen LogP contribution < -0.4 is 10.6 Å². The van der Waals surface area contributed by atoms with Crippen LogP contribution in [0.2, 0.25) is 0 Å². The van der Waals surface area contributed by atoms with Crippen LogP contribution in [0.25, 0.3) is 43.6 Å². The van der Waals surface area contributed by atoms with Gasteiger partial charge in [0.15, 0.2) is 0 Å². The van der Waals surface area contributed by atoms with Crippen molar-refractivity contribution in [3.63, 3.8) is 0 Å². The van der Waals surface area contributed by atoms with Crippen molar-refractivity contribution < 1.29 is 0 Å². The lowest BCUT2D eigenvalue weighted by atomic mass is 9.90. The monoisotopic (exact) mass is 470 g/mol. The van der Waals surface area contributed by atoms with Gasteiger partial charge in [-0.1, -0.05) is 49.2 Å². The molecule has 0 amide bonds. The number of benzene rings is 2. The van der Waals surface area contributed by atoms with Crippen LogP contribution in [-0.4, -0.2) is 32.0 Å². The van der Waals surface area contributed by atoms with Crippen LogP contribution in [0.4, 0.5) is 11.6 Å². The highest BCUT2D eigenvalue weighted by Gasteiger charge is 2.26. The predicted octanol–water partition coefficient (Wildman–Crippen LogP) is 6.71. The van der Waals surface area contributed by atoms with E-state index < -0.39 is 0 Å². The van der Waals surface area contributed by atoms with Gasteiger partial charge in [0.2, 0.25) is 0 Å². The van der Waals surface area contributed by atoms with Crippen molar-refractivity contribution in [2.24, 2.45) is 0 Å². The molecule has 0 bridgehead atoms. The summed E-state index contributed by atoms with van der Waals surface area (Å²) < 4.78 is 0. The minimum Gasteiger partial charge on any atom is -0.365 e. The van der Waals surface area contributed by atoms with Gasteiger partial charge < -0.3 is 10.6 Å². The molecular weight excluding hydrogens is 444 g/mol. The van der Waals surface area contributed by atoms with Gasteiger partial charge in [-0.3, -0.25) is 9.97 Å². The highest BCUT2D eigenvalue weighted by molar-refractivity contribution is 6.04. The predicted molar refractivity (Wildman–Crippen MR) is 147 cm³/mol. The zero-order valence-corrected chi connectivity index (χ0v) is 19.9. The Morgan fingerprint density at radius 3 is 1.39 bits per heavy atom. The van der Waals surface area contributed by atoms with Gasteiger partial charge in [-0.25, -0.2) is 9.97 Å². The van der Waals surface area contributed by atoms with Crippen LogP contribution in [0.3, 0.4) is 0 Å². The first kappa shape index (κ1) is 21.0. The number of nitrogens with zero attached hydrogens (tertiary/aromatic N) is 4. The van der Waals surface area contributed by atoms with Gasteiger partial charge in [-0.2, -0.15) is 0 Å². The van der Waals surface area contributed by atoms with Crippen LogP contribution in [0, 0.1) is 0 Å². The molecule has 6 aromatic rings. The standard InChI is InChI=1S/C30H26N6/c1-2-8-24(34-26-16-14-22-12-10-20-6-4-18-32-28(20)30(22)36-26)23(7-1)33-25-15-13-21-11-9-19-5-3-17-31-27(19)29(21)35-25/h3-6,9-18,23-24H,1-2,7-8H2,(H,33,35)(H,34,36)/t23-,24-/m1/s1. The third-order valence-corrected chi connectivity index (χ3v) is 7.30. The molecule has 7 rings (SSSR count). The Morgan fingerprint density at radius 1 is 0.500 bits per heavy atom. The number of hydrogen-bond donors (Lipinski definition) is 2. The number of nitrogens with one attached hydrogen (secondary N) is 2. The first-order valence-electron chi connectivity index (χ1n) is 12.6.